The summed E-state index contributed by atoms with van der Waals surface area (Å²) in [5, 5.41) is 14.7. The van der Waals surface area contributed by atoms with Crippen molar-refractivity contribution < 1.29 is 14.4 Å². The SMILES string of the molecule is Cc1ccc(NC(=O)C(=O)NCC2CCN(c3ncccc3C#N)CC2)cc1N1CCCC1=O. The average molecular weight is 461 g/mol. The molecule has 2 aromatic rings. The molecule has 0 unspecified atom stereocenters. The Labute approximate surface area is 198 Å². The van der Waals surface area contributed by atoms with Crippen LogP contribution in [0.15, 0.2) is 36.5 Å². The second-order valence-electron chi connectivity index (χ2n) is 8.73. The summed E-state index contributed by atoms with van der Waals surface area (Å²) < 4.78 is 0. The van der Waals surface area contributed by atoms with Gasteiger partial charge in [-0.1, -0.05) is 6.07 Å². The summed E-state index contributed by atoms with van der Waals surface area (Å²) in [5.41, 5.74) is 2.74. The maximum atomic E-state index is 12.4. The van der Waals surface area contributed by atoms with Gasteiger partial charge in [0.05, 0.1) is 5.56 Å². The van der Waals surface area contributed by atoms with Gasteiger partial charge in [-0.2, -0.15) is 5.26 Å². The molecule has 0 atom stereocenters. The van der Waals surface area contributed by atoms with Crippen molar-refractivity contribution in [2.24, 2.45) is 5.92 Å². The van der Waals surface area contributed by atoms with Crippen LogP contribution in [0, 0.1) is 24.2 Å². The Kier molecular flexibility index (Phi) is 7.07. The number of hydrogen-bond donors (Lipinski definition) is 2. The van der Waals surface area contributed by atoms with Crippen LogP contribution in [-0.4, -0.2) is 48.9 Å². The van der Waals surface area contributed by atoms with Gasteiger partial charge in [0, 0.05) is 50.2 Å². The molecule has 0 saturated carbocycles. The van der Waals surface area contributed by atoms with Gasteiger partial charge in [-0.3, -0.25) is 14.4 Å². The van der Waals surface area contributed by atoms with Gasteiger partial charge in [-0.25, -0.2) is 4.98 Å². The second-order valence-corrected chi connectivity index (χ2v) is 8.73. The molecule has 1 aromatic heterocycles. The number of hydrogen-bond acceptors (Lipinski definition) is 6. The van der Waals surface area contributed by atoms with Crippen molar-refractivity contribution in [2.45, 2.75) is 32.6 Å². The van der Waals surface area contributed by atoms with Crippen LogP contribution in [-0.2, 0) is 14.4 Å². The summed E-state index contributed by atoms with van der Waals surface area (Å²) in [4.78, 5) is 45.0. The van der Waals surface area contributed by atoms with Crippen LogP contribution in [0.3, 0.4) is 0 Å². The highest BCUT2D eigenvalue weighted by Gasteiger charge is 2.25. The second kappa shape index (κ2) is 10.3. The third kappa shape index (κ3) is 5.17. The van der Waals surface area contributed by atoms with Crippen molar-refractivity contribution in [1.29, 1.82) is 5.26 Å². The first-order chi connectivity index (χ1) is 16.5. The third-order valence-electron chi connectivity index (χ3n) is 6.41. The summed E-state index contributed by atoms with van der Waals surface area (Å²) in [6.07, 6.45) is 4.68. The van der Waals surface area contributed by atoms with Crippen molar-refractivity contribution in [3.8, 4) is 6.07 Å². The highest BCUT2D eigenvalue weighted by molar-refractivity contribution is 6.39. The fraction of sp³-hybridized carbons (Fsp3) is 0.400. The fourth-order valence-electron chi connectivity index (χ4n) is 4.47. The molecule has 176 valence electrons. The monoisotopic (exact) mass is 460 g/mol. The molecule has 9 heteroatoms. The first kappa shape index (κ1) is 23.2. The Morgan fingerprint density at radius 3 is 2.68 bits per heavy atom. The average Bonchev–Trinajstić information content (AvgIpc) is 3.29. The zero-order chi connectivity index (χ0) is 24.1. The van der Waals surface area contributed by atoms with E-state index in [-0.39, 0.29) is 11.8 Å². The number of nitrogens with zero attached hydrogens (tertiary/aromatic N) is 4. The van der Waals surface area contributed by atoms with Crippen LogP contribution in [0.4, 0.5) is 17.2 Å². The van der Waals surface area contributed by atoms with E-state index >= 15 is 0 Å². The normalized spacial score (nSPS) is 16.3. The number of pyridine rings is 1. The number of benzene rings is 1. The smallest absolute Gasteiger partial charge is 0.313 e. The van der Waals surface area contributed by atoms with Crippen molar-refractivity contribution in [3.63, 3.8) is 0 Å². The van der Waals surface area contributed by atoms with Crippen LogP contribution in [0.5, 0.6) is 0 Å². The van der Waals surface area contributed by atoms with Gasteiger partial charge in [0.1, 0.15) is 11.9 Å². The molecule has 0 radical (unpaired) electrons. The number of aryl methyl sites for hydroxylation is 1. The third-order valence-corrected chi connectivity index (χ3v) is 6.41. The molecule has 2 saturated heterocycles. The van der Waals surface area contributed by atoms with Crippen molar-refractivity contribution in [1.82, 2.24) is 10.3 Å². The summed E-state index contributed by atoms with van der Waals surface area (Å²) in [6, 6.07) is 11.0. The quantitative estimate of drug-likeness (QED) is 0.662. The summed E-state index contributed by atoms with van der Waals surface area (Å²) in [5.74, 6) is -0.401. The van der Waals surface area contributed by atoms with Crippen LogP contribution >= 0.6 is 0 Å². The number of aromatic nitrogens is 1. The lowest BCUT2D eigenvalue weighted by Crippen LogP contribution is -2.42. The topological polar surface area (TPSA) is 118 Å². The van der Waals surface area contributed by atoms with Crippen LogP contribution in [0.2, 0.25) is 0 Å². The molecule has 2 N–H and O–H groups in total. The molecule has 3 heterocycles. The predicted molar refractivity (Wildman–Crippen MR) is 128 cm³/mol. The first-order valence-corrected chi connectivity index (χ1v) is 11.6. The molecule has 3 amide bonds. The predicted octanol–water partition coefficient (Wildman–Crippen LogP) is 2.36. The molecule has 34 heavy (non-hydrogen) atoms. The van der Waals surface area contributed by atoms with Gasteiger partial charge in [-0.05, 0) is 61.9 Å². The van der Waals surface area contributed by atoms with E-state index in [0.717, 1.165) is 43.6 Å². The number of rotatable bonds is 5. The van der Waals surface area contributed by atoms with Gasteiger partial charge in [0.2, 0.25) is 5.91 Å². The standard InChI is InChI=1S/C25H28N6O3/c1-17-6-7-20(14-21(17)31-11-3-5-22(31)32)29-25(34)24(33)28-16-18-8-12-30(13-9-18)23-19(15-26)4-2-10-27-23/h2,4,6-7,10,14,18H,3,5,8-9,11-13,16H2,1H3,(H,28,33)(H,29,34). The lowest BCUT2D eigenvalue weighted by Gasteiger charge is -2.33. The van der Waals surface area contributed by atoms with E-state index in [1.165, 1.54) is 0 Å². The van der Waals surface area contributed by atoms with E-state index in [1.54, 1.807) is 35.4 Å². The lowest BCUT2D eigenvalue weighted by molar-refractivity contribution is -0.136. The molecule has 0 aliphatic carbocycles. The van der Waals surface area contributed by atoms with Crippen molar-refractivity contribution in [2.75, 3.05) is 41.3 Å². The Morgan fingerprint density at radius 2 is 1.97 bits per heavy atom. The van der Waals surface area contributed by atoms with Crippen LogP contribution < -0.4 is 20.4 Å². The minimum Gasteiger partial charge on any atom is -0.356 e. The van der Waals surface area contributed by atoms with Gasteiger partial charge >= 0.3 is 11.8 Å². The van der Waals surface area contributed by atoms with E-state index in [4.69, 9.17) is 0 Å². The highest BCUT2D eigenvalue weighted by Crippen LogP contribution is 2.28. The van der Waals surface area contributed by atoms with E-state index in [9.17, 15) is 19.6 Å². The first-order valence-electron chi connectivity index (χ1n) is 11.6. The zero-order valence-corrected chi connectivity index (χ0v) is 19.2. The molecule has 4 rings (SSSR count). The molecule has 0 spiro atoms. The van der Waals surface area contributed by atoms with E-state index in [0.29, 0.717) is 36.6 Å². The van der Waals surface area contributed by atoms with Crippen molar-refractivity contribution >= 4 is 34.9 Å². The zero-order valence-electron chi connectivity index (χ0n) is 19.2. The summed E-state index contributed by atoms with van der Waals surface area (Å²) in [7, 11) is 0. The molecule has 0 bridgehead atoms. The van der Waals surface area contributed by atoms with Gasteiger partial charge in [0.15, 0.2) is 0 Å². The van der Waals surface area contributed by atoms with Crippen LogP contribution in [0.25, 0.3) is 0 Å². The Bertz CT molecular complexity index is 1130. The number of nitrogens with one attached hydrogen (secondary N) is 2. The minimum absolute atomic E-state index is 0.0715. The molecule has 2 fully saturated rings. The van der Waals surface area contributed by atoms with Crippen molar-refractivity contribution in [3.05, 3.63) is 47.7 Å². The molecule has 1 aromatic carbocycles. The number of carbonyl (C=O) groups is 3. The van der Waals surface area contributed by atoms with E-state index < -0.39 is 11.8 Å². The summed E-state index contributed by atoms with van der Waals surface area (Å²) >= 11 is 0. The number of anilines is 3. The Hall–Kier alpha value is -3.93. The molecule has 2 aliphatic rings. The van der Waals surface area contributed by atoms with E-state index in [2.05, 4.69) is 26.6 Å². The largest absolute Gasteiger partial charge is 0.356 e. The van der Waals surface area contributed by atoms with Crippen LogP contribution in [0.1, 0.15) is 36.8 Å². The van der Waals surface area contributed by atoms with Gasteiger partial charge in [0.25, 0.3) is 0 Å². The van der Waals surface area contributed by atoms with Gasteiger partial charge in [-0.15, -0.1) is 0 Å². The number of carbonyl (C=O) groups excluding carboxylic acids is 3. The molecular weight excluding hydrogens is 432 g/mol. The maximum Gasteiger partial charge on any atom is 0.313 e. The summed E-state index contributed by atoms with van der Waals surface area (Å²) in [6.45, 7) is 4.46. The highest BCUT2D eigenvalue weighted by atomic mass is 16.2. The molecule has 9 nitrogen and oxygen atoms in total. The number of nitriles is 1. The fourth-order valence-corrected chi connectivity index (χ4v) is 4.47. The molecule has 2 aliphatic heterocycles. The number of piperidine rings is 1. The van der Waals surface area contributed by atoms with E-state index in [1.807, 2.05) is 13.0 Å². The maximum absolute atomic E-state index is 12.4. The molecular formula is C25H28N6O3. The lowest BCUT2D eigenvalue weighted by atomic mass is 9.96. The Morgan fingerprint density at radius 1 is 1.18 bits per heavy atom. The minimum atomic E-state index is -0.730. The van der Waals surface area contributed by atoms with Gasteiger partial charge < -0.3 is 20.4 Å². The number of amides is 3. The Balaban J connectivity index is 1.27.